The summed E-state index contributed by atoms with van der Waals surface area (Å²) < 4.78 is 13.1. The molecule has 1 aliphatic rings. The Bertz CT molecular complexity index is 678. The summed E-state index contributed by atoms with van der Waals surface area (Å²) in [6.07, 6.45) is 1.94. The van der Waals surface area contributed by atoms with E-state index in [1.807, 2.05) is 12.1 Å². The van der Waals surface area contributed by atoms with Gasteiger partial charge in [-0.1, -0.05) is 13.8 Å². The molecule has 0 aliphatic heterocycles. The molecule has 4 nitrogen and oxygen atoms in total. The standard InChI is InChI=1S/C16H21ClN2O2/c1-16(2)9-14(16)19-11-8-13(21-4)12(20-3)7-10(11)18-15(19)5-6-17/h7-8,14H,5-6,9H2,1-4H3. The number of fused-ring (bicyclic) bond motifs is 1. The first-order valence-electron chi connectivity index (χ1n) is 7.20. The number of benzene rings is 1. The Kier molecular flexibility index (Phi) is 3.52. The molecule has 0 radical (unpaired) electrons. The van der Waals surface area contributed by atoms with E-state index in [2.05, 4.69) is 18.4 Å². The van der Waals surface area contributed by atoms with E-state index in [1.165, 1.54) is 6.42 Å². The van der Waals surface area contributed by atoms with Gasteiger partial charge in [0, 0.05) is 30.5 Å². The number of methoxy groups -OCH3 is 2. The summed E-state index contributed by atoms with van der Waals surface area (Å²) in [5.41, 5.74) is 2.36. The maximum Gasteiger partial charge on any atom is 0.163 e. The summed E-state index contributed by atoms with van der Waals surface area (Å²) in [5, 5.41) is 0. The third kappa shape index (κ3) is 2.35. The molecule has 1 saturated carbocycles. The minimum Gasteiger partial charge on any atom is -0.493 e. The van der Waals surface area contributed by atoms with E-state index >= 15 is 0 Å². The van der Waals surface area contributed by atoms with Crippen LogP contribution in [0.25, 0.3) is 11.0 Å². The van der Waals surface area contributed by atoms with Crippen molar-refractivity contribution in [3.05, 3.63) is 18.0 Å². The van der Waals surface area contributed by atoms with Gasteiger partial charge in [-0.05, 0) is 11.8 Å². The molecule has 2 aromatic rings. The molecule has 0 amide bonds. The van der Waals surface area contributed by atoms with E-state index in [9.17, 15) is 0 Å². The summed E-state index contributed by atoms with van der Waals surface area (Å²) in [6.45, 7) is 4.57. The first-order chi connectivity index (χ1) is 10.0. The van der Waals surface area contributed by atoms with Crippen LogP contribution < -0.4 is 9.47 Å². The van der Waals surface area contributed by atoms with Gasteiger partial charge in [0.15, 0.2) is 11.5 Å². The number of rotatable bonds is 5. The monoisotopic (exact) mass is 308 g/mol. The van der Waals surface area contributed by atoms with Crippen molar-refractivity contribution in [3.8, 4) is 11.5 Å². The highest BCUT2D eigenvalue weighted by molar-refractivity contribution is 6.17. The number of hydrogen-bond acceptors (Lipinski definition) is 3. The summed E-state index contributed by atoms with van der Waals surface area (Å²) in [5.74, 6) is 3.07. The van der Waals surface area contributed by atoms with Crippen LogP contribution in [0.1, 0.15) is 32.1 Å². The molecule has 0 N–H and O–H groups in total. The lowest BCUT2D eigenvalue weighted by molar-refractivity contribution is 0.355. The number of ether oxygens (including phenoxy) is 2. The predicted molar refractivity (Wildman–Crippen MR) is 84.7 cm³/mol. The first kappa shape index (κ1) is 14.5. The van der Waals surface area contributed by atoms with Crippen LogP contribution in [0, 0.1) is 5.41 Å². The van der Waals surface area contributed by atoms with Gasteiger partial charge in [0.2, 0.25) is 0 Å². The molecule has 1 aromatic heterocycles. The molecule has 0 bridgehead atoms. The van der Waals surface area contributed by atoms with Crippen molar-refractivity contribution in [3.63, 3.8) is 0 Å². The van der Waals surface area contributed by atoms with Crippen molar-refractivity contribution in [2.24, 2.45) is 5.41 Å². The van der Waals surface area contributed by atoms with Crippen LogP contribution in [0.4, 0.5) is 0 Å². The van der Waals surface area contributed by atoms with Crippen LogP contribution in [0.15, 0.2) is 12.1 Å². The van der Waals surface area contributed by atoms with Gasteiger partial charge in [0.25, 0.3) is 0 Å². The van der Waals surface area contributed by atoms with Gasteiger partial charge in [0.1, 0.15) is 5.82 Å². The Hall–Kier alpha value is -1.42. The van der Waals surface area contributed by atoms with Crippen molar-refractivity contribution in [2.45, 2.75) is 32.7 Å². The molecule has 1 aliphatic carbocycles. The molecule has 1 atom stereocenters. The molecule has 1 unspecified atom stereocenters. The van der Waals surface area contributed by atoms with Crippen LogP contribution >= 0.6 is 11.6 Å². The molecule has 3 rings (SSSR count). The zero-order chi connectivity index (χ0) is 15.2. The molecule has 21 heavy (non-hydrogen) atoms. The van der Waals surface area contributed by atoms with E-state index in [-0.39, 0.29) is 0 Å². The number of aromatic nitrogens is 2. The van der Waals surface area contributed by atoms with Gasteiger partial charge < -0.3 is 14.0 Å². The predicted octanol–water partition coefficient (Wildman–Crippen LogP) is 3.81. The van der Waals surface area contributed by atoms with E-state index < -0.39 is 0 Å². The number of nitrogens with zero attached hydrogens (tertiary/aromatic N) is 2. The van der Waals surface area contributed by atoms with Crippen LogP contribution in [-0.4, -0.2) is 29.7 Å². The van der Waals surface area contributed by atoms with Crippen LogP contribution in [0.3, 0.4) is 0 Å². The van der Waals surface area contributed by atoms with Gasteiger partial charge in [-0.3, -0.25) is 0 Å². The average molecular weight is 309 g/mol. The number of alkyl halides is 1. The molecule has 114 valence electrons. The number of hydrogen-bond donors (Lipinski definition) is 0. The van der Waals surface area contributed by atoms with E-state index in [1.54, 1.807) is 14.2 Å². The van der Waals surface area contributed by atoms with Crippen LogP contribution in [0.2, 0.25) is 0 Å². The number of halogens is 1. The largest absolute Gasteiger partial charge is 0.493 e. The van der Waals surface area contributed by atoms with Crippen molar-refractivity contribution in [2.75, 3.05) is 20.1 Å². The maximum absolute atomic E-state index is 5.95. The molecule has 5 heteroatoms. The first-order valence-corrected chi connectivity index (χ1v) is 7.74. The molecule has 1 aromatic carbocycles. The Morgan fingerprint density at radius 3 is 2.43 bits per heavy atom. The van der Waals surface area contributed by atoms with Crippen LogP contribution in [-0.2, 0) is 6.42 Å². The second-order valence-corrected chi connectivity index (χ2v) is 6.62. The molecule has 0 spiro atoms. The topological polar surface area (TPSA) is 36.3 Å². The van der Waals surface area contributed by atoms with Crippen molar-refractivity contribution >= 4 is 22.6 Å². The van der Waals surface area contributed by atoms with Gasteiger partial charge in [-0.25, -0.2) is 4.98 Å². The summed E-state index contributed by atoms with van der Waals surface area (Å²) in [4.78, 5) is 4.76. The highest BCUT2D eigenvalue weighted by Crippen LogP contribution is 2.57. The normalized spacial score (nSPS) is 19.8. The zero-order valence-corrected chi connectivity index (χ0v) is 13.7. The van der Waals surface area contributed by atoms with Crippen molar-refractivity contribution in [1.29, 1.82) is 0 Å². The lowest BCUT2D eigenvalue weighted by Gasteiger charge is -2.12. The minimum atomic E-state index is 0.321. The summed E-state index contributed by atoms with van der Waals surface area (Å²) >= 11 is 5.95. The fourth-order valence-electron chi connectivity index (χ4n) is 2.96. The molecule has 1 fully saturated rings. The van der Waals surface area contributed by atoms with Gasteiger partial charge in [-0.15, -0.1) is 11.6 Å². The molecule has 0 saturated heterocycles. The van der Waals surface area contributed by atoms with E-state index in [0.717, 1.165) is 29.0 Å². The van der Waals surface area contributed by atoms with E-state index in [0.29, 0.717) is 23.1 Å². The fraction of sp³-hybridized carbons (Fsp3) is 0.562. The quantitative estimate of drug-likeness (QED) is 0.788. The van der Waals surface area contributed by atoms with Crippen molar-refractivity contribution < 1.29 is 9.47 Å². The Balaban J connectivity index is 2.19. The number of aryl methyl sites for hydroxylation is 1. The van der Waals surface area contributed by atoms with Gasteiger partial charge in [0.05, 0.1) is 25.3 Å². The Morgan fingerprint density at radius 2 is 1.90 bits per heavy atom. The minimum absolute atomic E-state index is 0.321. The second kappa shape index (κ2) is 5.09. The zero-order valence-electron chi connectivity index (χ0n) is 12.9. The lowest BCUT2D eigenvalue weighted by Crippen LogP contribution is -2.06. The second-order valence-electron chi connectivity index (χ2n) is 6.24. The van der Waals surface area contributed by atoms with E-state index in [4.69, 9.17) is 26.1 Å². The fourth-order valence-corrected chi connectivity index (χ4v) is 3.13. The number of imidazole rings is 1. The average Bonchev–Trinajstić information content (AvgIpc) is 2.94. The molecular weight excluding hydrogens is 288 g/mol. The molecule has 1 heterocycles. The Morgan fingerprint density at radius 1 is 1.29 bits per heavy atom. The molecular formula is C16H21ClN2O2. The summed E-state index contributed by atoms with van der Waals surface area (Å²) in [7, 11) is 3.30. The van der Waals surface area contributed by atoms with Gasteiger partial charge >= 0.3 is 0 Å². The maximum atomic E-state index is 5.95. The third-order valence-corrected chi connectivity index (χ3v) is 4.55. The highest BCUT2D eigenvalue weighted by atomic mass is 35.5. The van der Waals surface area contributed by atoms with Crippen LogP contribution in [0.5, 0.6) is 11.5 Å². The summed E-state index contributed by atoms with van der Waals surface area (Å²) in [6, 6.07) is 4.45. The van der Waals surface area contributed by atoms with Gasteiger partial charge in [-0.2, -0.15) is 0 Å². The lowest BCUT2D eigenvalue weighted by atomic mass is 10.2. The smallest absolute Gasteiger partial charge is 0.163 e. The SMILES string of the molecule is COc1cc2nc(CCCl)n(C3CC3(C)C)c2cc1OC. The highest BCUT2D eigenvalue weighted by Gasteiger charge is 2.48. The van der Waals surface area contributed by atoms with Crippen molar-refractivity contribution in [1.82, 2.24) is 9.55 Å². The Labute approximate surface area is 130 Å². The third-order valence-electron chi connectivity index (χ3n) is 4.36.